The third-order valence-corrected chi connectivity index (χ3v) is 6.38. The topological polar surface area (TPSA) is 115 Å². The first-order chi connectivity index (χ1) is 17.1. The predicted molar refractivity (Wildman–Crippen MR) is 136 cm³/mol. The smallest absolute Gasteiger partial charge is 0.328 e. The molecule has 3 N–H and O–H groups in total. The molecule has 1 aliphatic rings. The molecule has 0 atom stereocenters. The van der Waals surface area contributed by atoms with Gasteiger partial charge in [0, 0.05) is 18.3 Å². The Morgan fingerprint density at radius 3 is 2.63 bits per heavy atom. The minimum atomic E-state index is -0.295. The molecule has 1 aliphatic heterocycles. The van der Waals surface area contributed by atoms with Crippen LogP contribution in [0.25, 0.3) is 22.4 Å². The summed E-state index contributed by atoms with van der Waals surface area (Å²) < 4.78 is 7.19. The van der Waals surface area contributed by atoms with Crippen LogP contribution in [0.1, 0.15) is 43.7 Å². The fourth-order valence-electron chi connectivity index (χ4n) is 4.44. The van der Waals surface area contributed by atoms with Gasteiger partial charge in [-0.05, 0) is 55.6 Å². The second-order valence-corrected chi connectivity index (χ2v) is 9.04. The van der Waals surface area contributed by atoms with Crippen molar-refractivity contribution in [3.05, 3.63) is 64.2 Å². The standard InChI is InChI=1S/C26H31N7O2/c1-2-3-14-35-25-30-23(27)22-24(31-25)33(26(34)29-22)17-19-10-11-28-21(15-19)20-8-6-18(7-9-20)16-32-12-4-5-13-32/h6-11,15H,2-5,12-14,16-17H2,1H3,(H,29,34)(H2,27,30,31). The van der Waals surface area contributed by atoms with Gasteiger partial charge in [-0.25, -0.2) is 4.79 Å². The molecular formula is C26H31N7O2. The van der Waals surface area contributed by atoms with Crippen molar-refractivity contribution in [1.29, 1.82) is 0 Å². The van der Waals surface area contributed by atoms with Crippen molar-refractivity contribution in [2.24, 2.45) is 0 Å². The first kappa shape index (κ1) is 23.0. The lowest BCUT2D eigenvalue weighted by Crippen LogP contribution is -2.18. The Labute approximate surface area is 204 Å². The van der Waals surface area contributed by atoms with Gasteiger partial charge in [-0.15, -0.1) is 0 Å². The van der Waals surface area contributed by atoms with E-state index >= 15 is 0 Å². The number of benzene rings is 1. The number of aromatic nitrogens is 5. The van der Waals surface area contributed by atoms with E-state index in [9.17, 15) is 4.79 Å². The normalized spacial score (nSPS) is 14.1. The van der Waals surface area contributed by atoms with Gasteiger partial charge in [0.1, 0.15) is 5.52 Å². The summed E-state index contributed by atoms with van der Waals surface area (Å²) in [7, 11) is 0. The maximum Gasteiger partial charge on any atom is 0.328 e. The molecule has 1 fully saturated rings. The SMILES string of the molecule is CCCCOc1nc(N)c2[nH]c(=O)n(Cc3ccnc(-c4ccc(CN5CCCC5)cc4)c3)c2n1. The van der Waals surface area contributed by atoms with Crippen LogP contribution in [0.2, 0.25) is 0 Å². The molecule has 0 bridgehead atoms. The molecule has 4 heterocycles. The number of nitrogen functional groups attached to an aromatic ring is 1. The number of nitrogens with two attached hydrogens (primary N) is 1. The van der Waals surface area contributed by atoms with Gasteiger partial charge >= 0.3 is 11.7 Å². The summed E-state index contributed by atoms with van der Waals surface area (Å²) >= 11 is 0. The Kier molecular flexibility index (Phi) is 6.76. The molecule has 0 amide bonds. The van der Waals surface area contributed by atoms with E-state index in [1.807, 2.05) is 12.1 Å². The number of ether oxygens (including phenoxy) is 1. The van der Waals surface area contributed by atoms with Crippen LogP contribution in [-0.2, 0) is 13.1 Å². The monoisotopic (exact) mass is 473 g/mol. The van der Waals surface area contributed by atoms with Crippen LogP contribution in [0.5, 0.6) is 6.01 Å². The Hall–Kier alpha value is -3.72. The Morgan fingerprint density at radius 2 is 1.86 bits per heavy atom. The third kappa shape index (κ3) is 5.19. The molecule has 0 aliphatic carbocycles. The molecule has 1 aromatic carbocycles. The zero-order valence-electron chi connectivity index (χ0n) is 20.0. The highest BCUT2D eigenvalue weighted by Crippen LogP contribution is 2.22. The van der Waals surface area contributed by atoms with E-state index in [1.54, 1.807) is 10.8 Å². The molecule has 5 rings (SSSR count). The molecule has 0 spiro atoms. The highest BCUT2D eigenvalue weighted by molar-refractivity contribution is 5.82. The number of hydrogen-bond acceptors (Lipinski definition) is 7. The van der Waals surface area contributed by atoms with Crippen LogP contribution in [0.3, 0.4) is 0 Å². The van der Waals surface area contributed by atoms with Crippen molar-refractivity contribution < 1.29 is 4.74 Å². The van der Waals surface area contributed by atoms with Crippen molar-refractivity contribution in [1.82, 2.24) is 29.4 Å². The van der Waals surface area contributed by atoms with E-state index in [0.717, 1.165) is 36.2 Å². The van der Waals surface area contributed by atoms with Crippen molar-refractivity contribution in [3.63, 3.8) is 0 Å². The van der Waals surface area contributed by atoms with Crippen molar-refractivity contribution in [2.45, 2.75) is 45.7 Å². The summed E-state index contributed by atoms with van der Waals surface area (Å²) in [6, 6.07) is 12.7. The molecule has 1 saturated heterocycles. The molecule has 0 unspecified atom stereocenters. The molecule has 9 heteroatoms. The average molecular weight is 474 g/mol. The van der Waals surface area contributed by atoms with Crippen LogP contribution in [-0.4, -0.2) is 49.1 Å². The number of rotatable bonds is 9. The quantitative estimate of drug-likeness (QED) is 0.357. The molecule has 0 saturated carbocycles. The van der Waals surface area contributed by atoms with E-state index in [1.165, 1.54) is 31.5 Å². The Bertz CT molecular complexity index is 1350. The fraction of sp³-hybridized carbons (Fsp3) is 0.385. The molecular weight excluding hydrogens is 442 g/mol. The average Bonchev–Trinajstić information content (AvgIpc) is 3.48. The number of pyridine rings is 1. The first-order valence-electron chi connectivity index (χ1n) is 12.3. The summed E-state index contributed by atoms with van der Waals surface area (Å²) in [6.07, 6.45) is 6.24. The Balaban J connectivity index is 1.37. The number of nitrogens with zero attached hydrogens (tertiary/aromatic N) is 5. The van der Waals surface area contributed by atoms with Gasteiger partial charge in [0.15, 0.2) is 11.5 Å². The van der Waals surface area contributed by atoms with Gasteiger partial charge in [0.2, 0.25) is 0 Å². The fourth-order valence-corrected chi connectivity index (χ4v) is 4.44. The van der Waals surface area contributed by atoms with E-state index in [4.69, 9.17) is 10.5 Å². The number of hydrogen-bond donors (Lipinski definition) is 2. The van der Waals surface area contributed by atoms with Gasteiger partial charge in [-0.2, -0.15) is 9.97 Å². The van der Waals surface area contributed by atoms with Gasteiger partial charge in [-0.1, -0.05) is 37.6 Å². The van der Waals surface area contributed by atoms with Gasteiger partial charge in [0.05, 0.1) is 18.8 Å². The maximum absolute atomic E-state index is 12.7. The number of unbranched alkanes of at least 4 members (excludes halogenated alkanes) is 1. The van der Waals surface area contributed by atoms with Crippen LogP contribution in [0, 0.1) is 0 Å². The van der Waals surface area contributed by atoms with E-state index in [-0.39, 0.29) is 17.5 Å². The number of fused-ring (bicyclic) bond motifs is 1. The molecule has 35 heavy (non-hydrogen) atoms. The summed E-state index contributed by atoms with van der Waals surface area (Å²) in [4.78, 5) is 31.2. The number of anilines is 1. The zero-order valence-corrected chi connectivity index (χ0v) is 20.0. The molecule has 4 aromatic rings. The molecule has 182 valence electrons. The minimum Gasteiger partial charge on any atom is -0.463 e. The highest BCUT2D eigenvalue weighted by atomic mass is 16.5. The van der Waals surface area contributed by atoms with Crippen molar-refractivity contribution >= 4 is 17.0 Å². The van der Waals surface area contributed by atoms with Gasteiger partial charge < -0.3 is 15.5 Å². The largest absolute Gasteiger partial charge is 0.463 e. The van der Waals surface area contributed by atoms with E-state index in [2.05, 4.69) is 56.0 Å². The van der Waals surface area contributed by atoms with Crippen molar-refractivity contribution in [2.75, 3.05) is 25.4 Å². The third-order valence-electron chi connectivity index (χ3n) is 6.38. The number of aromatic amines is 1. The molecule has 9 nitrogen and oxygen atoms in total. The molecule has 0 radical (unpaired) electrons. The van der Waals surface area contributed by atoms with Crippen LogP contribution >= 0.6 is 0 Å². The van der Waals surface area contributed by atoms with Crippen LogP contribution < -0.4 is 16.2 Å². The lowest BCUT2D eigenvalue weighted by atomic mass is 10.1. The number of nitrogens with one attached hydrogen (secondary N) is 1. The van der Waals surface area contributed by atoms with Gasteiger partial charge in [-0.3, -0.25) is 14.5 Å². The summed E-state index contributed by atoms with van der Waals surface area (Å²) in [5.74, 6) is 0.196. The van der Waals surface area contributed by atoms with E-state index < -0.39 is 0 Å². The summed E-state index contributed by atoms with van der Waals surface area (Å²) in [5, 5.41) is 0. The molecule has 3 aromatic heterocycles. The first-order valence-corrected chi connectivity index (χ1v) is 12.3. The van der Waals surface area contributed by atoms with Crippen LogP contribution in [0.15, 0.2) is 47.4 Å². The number of H-pyrrole nitrogens is 1. The zero-order chi connectivity index (χ0) is 24.2. The predicted octanol–water partition coefficient (Wildman–Crippen LogP) is 3.59. The summed E-state index contributed by atoms with van der Waals surface area (Å²) in [5.41, 5.74) is 10.8. The lowest BCUT2D eigenvalue weighted by molar-refractivity contribution is 0.286. The number of likely N-dealkylation sites (tertiary alicyclic amines) is 1. The van der Waals surface area contributed by atoms with Gasteiger partial charge in [0.25, 0.3) is 0 Å². The Morgan fingerprint density at radius 1 is 1.06 bits per heavy atom. The minimum absolute atomic E-state index is 0.181. The highest BCUT2D eigenvalue weighted by Gasteiger charge is 2.16. The van der Waals surface area contributed by atoms with Crippen molar-refractivity contribution in [3.8, 4) is 17.3 Å². The van der Waals surface area contributed by atoms with E-state index in [0.29, 0.717) is 24.3 Å². The number of imidazole rings is 1. The summed E-state index contributed by atoms with van der Waals surface area (Å²) in [6.45, 7) is 6.26. The second-order valence-electron chi connectivity index (χ2n) is 9.04. The van der Waals surface area contributed by atoms with Crippen LogP contribution in [0.4, 0.5) is 5.82 Å². The maximum atomic E-state index is 12.7. The lowest BCUT2D eigenvalue weighted by Gasteiger charge is -2.14. The second kappa shape index (κ2) is 10.3.